The van der Waals surface area contributed by atoms with Crippen molar-refractivity contribution in [1.29, 1.82) is 0 Å². The molecule has 1 aliphatic carbocycles. The van der Waals surface area contributed by atoms with Gasteiger partial charge in [0.25, 0.3) is 0 Å². The van der Waals surface area contributed by atoms with E-state index < -0.39 is 11.7 Å². The Morgan fingerprint density at radius 1 is 1.10 bits per heavy atom. The summed E-state index contributed by atoms with van der Waals surface area (Å²) >= 11 is 0. The van der Waals surface area contributed by atoms with E-state index >= 15 is 0 Å². The summed E-state index contributed by atoms with van der Waals surface area (Å²) in [4.78, 5) is 38.8. The van der Waals surface area contributed by atoms with Crippen molar-refractivity contribution in [2.45, 2.75) is 57.4 Å². The predicted molar refractivity (Wildman–Crippen MR) is 121 cm³/mol. The number of aromatic amines is 1. The molecule has 2 N–H and O–H groups in total. The van der Waals surface area contributed by atoms with Crippen molar-refractivity contribution >= 4 is 18.4 Å². The molecule has 2 heterocycles. The minimum atomic E-state index is -0.762. The van der Waals surface area contributed by atoms with Crippen LogP contribution in [0.1, 0.15) is 55.7 Å². The van der Waals surface area contributed by atoms with Crippen LogP contribution in [0, 0.1) is 5.92 Å². The quantitative estimate of drug-likeness (QED) is 0.728. The van der Waals surface area contributed by atoms with Gasteiger partial charge in [0.2, 0.25) is 0 Å². The third kappa shape index (κ3) is 5.13. The van der Waals surface area contributed by atoms with E-state index in [9.17, 15) is 14.4 Å². The van der Waals surface area contributed by atoms with Crippen LogP contribution in [0.2, 0.25) is 0 Å². The van der Waals surface area contributed by atoms with Gasteiger partial charge in [0, 0.05) is 19.5 Å². The summed E-state index contributed by atoms with van der Waals surface area (Å²) in [5.41, 5.74) is 2.39. The maximum Gasteiger partial charge on any atom is 0.351 e. The average Bonchev–Trinajstić information content (AvgIpc) is 2.90. The molecule has 0 spiro atoms. The summed E-state index contributed by atoms with van der Waals surface area (Å²) in [5.74, 6) is -0.383. The van der Waals surface area contributed by atoms with Crippen molar-refractivity contribution in [3.63, 3.8) is 0 Å². The number of halogens is 1. The smallest absolute Gasteiger partial charge is 0.351 e. The zero-order valence-corrected chi connectivity index (χ0v) is 18.7. The minimum absolute atomic E-state index is 0. The minimum Gasteiger partial charge on any atom is -0.481 e. The van der Waals surface area contributed by atoms with E-state index in [1.807, 2.05) is 18.2 Å². The van der Waals surface area contributed by atoms with Crippen molar-refractivity contribution in [3.8, 4) is 5.69 Å². The number of hydrogen-bond acceptors (Lipinski definition) is 4. The zero-order valence-electron chi connectivity index (χ0n) is 17.9. The number of nitrogens with zero attached hydrogens (tertiary/aromatic N) is 3. The Bertz CT molecular complexity index is 1030. The third-order valence-corrected chi connectivity index (χ3v) is 6.74. The molecule has 0 atom stereocenters. The van der Waals surface area contributed by atoms with Crippen LogP contribution in [0.5, 0.6) is 0 Å². The molecule has 9 heteroatoms. The lowest BCUT2D eigenvalue weighted by molar-refractivity contribution is -0.137. The van der Waals surface area contributed by atoms with Gasteiger partial charge in [-0.2, -0.15) is 0 Å². The molecular formula is C22H31ClN4O4. The van der Waals surface area contributed by atoms with E-state index in [4.69, 9.17) is 5.11 Å². The fourth-order valence-corrected chi connectivity index (χ4v) is 4.85. The number of benzene rings is 1. The predicted octanol–water partition coefficient (Wildman–Crippen LogP) is 2.38. The largest absolute Gasteiger partial charge is 0.481 e. The van der Waals surface area contributed by atoms with E-state index in [-0.39, 0.29) is 30.6 Å². The number of likely N-dealkylation sites (N-methyl/N-ethyl adjacent to an activating group) is 1. The Kier molecular flexibility index (Phi) is 7.43. The molecule has 170 valence electrons. The van der Waals surface area contributed by atoms with Crippen LogP contribution >= 0.6 is 12.4 Å². The van der Waals surface area contributed by atoms with Crippen molar-refractivity contribution in [1.82, 2.24) is 19.2 Å². The average molecular weight is 451 g/mol. The first-order valence-electron chi connectivity index (χ1n) is 10.9. The molecule has 0 radical (unpaired) electrons. The SMILES string of the molecule is CN1CCc2ccc(-n3c(=O)[nH]n(C4CCC(CCC(=O)O)CC4)c3=O)cc2CC1.Cl. The molecule has 4 rings (SSSR count). The van der Waals surface area contributed by atoms with Gasteiger partial charge in [-0.3, -0.25) is 4.79 Å². The molecule has 1 aromatic carbocycles. The standard InChI is InChI=1S/C22H30N4O4.ClH/c1-24-12-10-16-5-8-19(14-17(16)11-13-24)25-21(29)23-26(22(25)30)18-6-2-15(3-7-18)4-9-20(27)28;/h5,8,14-15,18H,2-4,6-7,9-13H2,1H3,(H,23,29)(H,27,28);1H. The van der Waals surface area contributed by atoms with Gasteiger partial charge in [-0.1, -0.05) is 6.07 Å². The summed E-state index contributed by atoms with van der Waals surface area (Å²) in [5, 5.41) is 11.6. The van der Waals surface area contributed by atoms with Crippen molar-refractivity contribution < 1.29 is 9.90 Å². The summed E-state index contributed by atoms with van der Waals surface area (Å²) in [6.07, 6.45) is 6.07. The number of aromatic nitrogens is 3. The Hall–Kier alpha value is -2.32. The van der Waals surface area contributed by atoms with Crippen LogP contribution < -0.4 is 11.4 Å². The highest BCUT2D eigenvalue weighted by atomic mass is 35.5. The summed E-state index contributed by atoms with van der Waals surface area (Å²) in [7, 11) is 2.11. The molecule has 1 fully saturated rings. The second kappa shape index (κ2) is 9.87. The fraction of sp³-hybridized carbons (Fsp3) is 0.591. The lowest BCUT2D eigenvalue weighted by Crippen LogP contribution is -2.31. The molecule has 0 amide bonds. The van der Waals surface area contributed by atoms with Crippen LogP contribution in [0.3, 0.4) is 0 Å². The summed E-state index contributed by atoms with van der Waals surface area (Å²) in [6.45, 7) is 1.98. The number of fused-ring (bicyclic) bond motifs is 1. The first-order valence-corrected chi connectivity index (χ1v) is 10.9. The van der Waals surface area contributed by atoms with Gasteiger partial charge >= 0.3 is 17.3 Å². The molecule has 8 nitrogen and oxygen atoms in total. The maximum atomic E-state index is 13.1. The van der Waals surface area contributed by atoms with Crippen molar-refractivity contribution in [2.75, 3.05) is 20.1 Å². The second-order valence-electron chi connectivity index (χ2n) is 8.77. The zero-order chi connectivity index (χ0) is 21.3. The van der Waals surface area contributed by atoms with Gasteiger partial charge in [-0.25, -0.2) is 23.9 Å². The first-order chi connectivity index (χ1) is 14.4. The number of nitrogens with one attached hydrogen (secondary N) is 1. The lowest BCUT2D eigenvalue weighted by Gasteiger charge is -2.28. The lowest BCUT2D eigenvalue weighted by atomic mass is 9.83. The van der Waals surface area contributed by atoms with Gasteiger partial charge in [0.05, 0.1) is 11.7 Å². The number of carbonyl (C=O) groups is 1. The molecule has 1 aliphatic heterocycles. The van der Waals surface area contributed by atoms with Gasteiger partial charge in [-0.15, -0.1) is 12.4 Å². The molecule has 31 heavy (non-hydrogen) atoms. The normalized spacial score (nSPS) is 21.7. The molecule has 0 bridgehead atoms. The van der Waals surface area contributed by atoms with Gasteiger partial charge < -0.3 is 10.0 Å². The second-order valence-corrected chi connectivity index (χ2v) is 8.77. The van der Waals surface area contributed by atoms with E-state index in [1.165, 1.54) is 20.4 Å². The first kappa shape index (κ1) is 23.3. The van der Waals surface area contributed by atoms with Crippen molar-refractivity contribution in [3.05, 3.63) is 50.3 Å². The number of aliphatic carboxylic acids is 1. The molecular weight excluding hydrogens is 420 g/mol. The molecule has 1 aromatic heterocycles. The number of carboxylic acids is 1. The highest BCUT2D eigenvalue weighted by molar-refractivity contribution is 5.85. The van der Waals surface area contributed by atoms with E-state index in [2.05, 4.69) is 17.0 Å². The Morgan fingerprint density at radius 3 is 2.45 bits per heavy atom. The van der Waals surface area contributed by atoms with E-state index in [0.29, 0.717) is 18.0 Å². The van der Waals surface area contributed by atoms with Crippen molar-refractivity contribution in [2.24, 2.45) is 5.92 Å². The number of carboxylic acid groups (broad SMARTS) is 1. The van der Waals surface area contributed by atoms with Crippen LogP contribution in [0.4, 0.5) is 0 Å². The third-order valence-electron chi connectivity index (χ3n) is 6.74. The number of rotatable bonds is 5. The summed E-state index contributed by atoms with van der Waals surface area (Å²) < 4.78 is 2.72. The monoisotopic (exact) mass is 450 g/mol. The topological polar surface area (TPSA) is 100 Å². The molecule has 1 saturated carbocycles. The van der Waals surface area contributed by atoms with E-state index in [0.717, 1.165) is 51.6 Å². The van der Waals surface area contributed by atoms with Gasteiger partial charge in [-0.05, 0) is 81.2 Å². The van der Waals surface area contributed by atoms with Gasteiger partial charge in [0.1, 0.15) is 0 Å². The molecule has 0 unspecified atom stereocenters. The molecule has 2 aliphatic rings. The van der Waals surface area contributed by atoms with Crippen LogP contribution in [-0.2, 0) is 17.6 Å². The highest BCUT2D eigenvalue weighted by Crippen LogP contribution is 2.33. The molecule has 2 aromatic rings. The maximum absolute atomic E-state index is 13.1. The number of H-pyrrole nitrogens is 1. The Balaban J connectivity index is 0.00000272. The van der Waals surface area contributed by atoms with Gasteiger partial charge in [0.15, 0.2) is 0 Å². The van der Waals surface area contributed by atoms with Crippen LogP contribution in [-0.4, -0.2) is 50.5 Å². The molecule has 0 saturated heterocycles. The Labute approximate surface area is 187 Å². The summed E-state index contributed by atoms with van der Waals surface area (Å²) in [6, 6.07) is 5.86. The Morgan fingerprint density at radius 2 is 1.77 bits per heavy atom. The van der Waals surface area contributed by atoms with Crippen LogP contribution in [0.15, 0.2) is 27.8 Å². The fourth-order valence-electron chi connectivity index (χ4n) is 4.85. The number of hydrogen-bond donors (Lipinski definition) is 2. The highest BCUT2D eigenvalue weighted by Gasteiger charge is 2.26. The van der Waals surface area contributed by atoms with E-state index in [1.54, 1.807) is 0 Å². The van der Waals surface area contributed by atoms with Crippen LogP contribution in [0.25, 0.3) is 5.69 Å².